The summed E-state index contributed by atoms with van der Waals surface area (Å²) in [6, 6.07) is 8.92. The molecule has 27 heavy (non-hydrogen) atoms. The summed E-state index contributed by atoms with van der Waals surface area (Å²) in [5, 5.41) is 2.90. The highest BCUT2D eigenvalue weighted by Gasteiger charge is 2.33. The van der Waals surface area contributed by atoms with Crippen molar-refractivity contribution in [3.63, 3.8) is 0 Å². The quantitative estimate of drug-likeness (QED) is 0.668. The van der Waals surface area contributed by atoms with Gasteiger partial charge in [-0.3, -0.25) is 14.0 Å². The number of carbonyl (C=O) groups is 2. The number of imidazole rings is 1. The van der Waals surface area contributed by atoms with E-state index < -0.39 is 17.4 Å². The van der Waals surface area contributed by atoms with Gasteiger partial charge in [-0.15, -0.1) is 0 Å². The van der Waals surface area contributed by atoms with Crippen molar-refractivity contribution in [1.82, 2.24) is 19.7 Å². The molecule has 8 nitrogen and oxygen atoms in total. The standard InChI is InChI=1S/C19H20N4O4/c1-19(11-16(24)27-3,13-6-4-7-14(10-13)26-2)22-17(25)15-12-23-9-5-8-20-18(23)21-15/h4-10,12H,11H2,1-3H3,(H,22,25)/t19-/m1/s1. The van der Waals surface area contributed by atoms with Crippen LogP contribution in [0.5, 0.6) is 5.75 Å². The van der Waals surface area contributed by atoms with E-state index in [9.17, 15) is 9.59 Å². The number of carbonyl (C=O) groups excluding carboxylic acids is 2. The van der Waals surface area contributed by atoms with Gasteiger partial charge in [-0.1, -0.05) is 12.1 Å². The Bertz CT molecular complexity index is 952. The Morgan fingerprint density at radius 3 is 2.78 bits per heavy atom. The highest BCUT2D eigenvalue weighted by Crippen LogP contribution is 2.28. The lowest BCUT2D eigenvalue weighted by molar-refractivity contribution is -0.142. The molecule has 0 aliphatic heterocycles. The minimum Gasteiger partial charge on any atom is -0.497 e. The van der Waals surface area contributed by atoms with Gasteiger partial charge in [0, 0.05) is 18.6 Å². The van der Waals surface area contributed by atoms with E-state index in [0.717, 1.165) is 0 Å². The first-order valence-corrected chi connectivity index (χ1v) is 8.29. The maximum absolute atomic E-state index is 12.8. The number of benzene rings is 1. The van der Waals surface area contributed by atoms with Crippen molar-refractivity contribution < 1.29 is 19.1 Å². The first-order chi connectivity index (χ1) is 12.9. The SMILES string of the molecule is COC(=O)C[C@@](C)(NC(=O)c1cn2cccnc2n1)c1cccc(OC)c1. The first kappa shape index (κ1) is 18.4. The fourth-order valence-corrected chi connectivity index (χ4v) is 2.80. The smallest absolute Gasteiger partial charge is 0.308 e. The number of hydrogen-bond donors (Lipinski definition) is 1. The Kier molecular flexibility index (Phi) is 5.07. The number of aromatic nitrogens is 3. The zero-order chi connectivity index (χ0) is 19.4. The summed E-state index contributed by atoms with van der Waals surface area (Å²) in [6.07, 6.45) is 4.89. The Morgan fingerprint density at radius 2 is 2.07 bits per heavy atom. The molecule has 0 aliphatic rings. The number of amides is 1. The molecule has 0 saturated heterocycles. The second-order valence-corrected chi connectivity index (χ2v) is 6.22. The summed E-state index contributed by atoms with van der Waals surface area (Å²) in [7, 11) is 2.86. The second-order valence-electron chi connectivity index (χ2n) is 6.22. The molecule has 0 aliphatic carbocycles. The average molecular weight is 368 g/mol. The van der Waals surface area contributed by atoms with Gasteiger partial charge in [0.15, 0.2) is 0 Å². The molecule has 0 saturated carbocycles. The van der Waals surface area contributed by atoms with Crippen molar-refractivity contribution in [3.8, 4) is 5.75 Å². The van der Waals surface area contributed by atoms with Crippen LogP contribution < -0.4 is 10.1 Å². The van der Waals surface area contributed by atoms with E-state index in [1.165, 1.54) is 7.11 Å². The molecule has 140 valence electrons. The number of nitrogens with zero attached hydrogens (tertiary/aromatic N) is 3. The largest absolute Gasteiger partial charge is 0.497 e. The molecule has 2 heterocycles. The van der Waals surface area contributed by atoms with Gasteiger partial charge in [0.1, 0.15) is 11.4 Å². The van der Waals surface area contributed by atoms with E-state index in [1.807, 2.05) is 6.07 Å². The highest BCUT2D eigenvalue weighted by molar-refractivity contribution is 5.93. The van der Waals surface area contributed by atoms with Crippen molar-refractivity contribution in [3.05, 3.63) is 60.2 Å². The number of ether oxygens (including phenoxy) is 2. The Morgan fingerprint density at radius 1 is 1.26 bits per heavy atom. The molecule has 0 fully saturated rings. The van der Waals surface area contributed by atoms with Crippen molar-refractivity contribution >= 4 is 17.7 Å². The highest BCUT2D eigenvalue weighted by atomic mass is 16.5. The summed E-state index contributed by atoms with van der Waals surface area (Å²) in [6.45, 7) is 1.75. The van der Waals surface area contributed by atoms with Crippen LogP contribution >= 0.6 is 0 Å². The Balaban J connectivity index is 1.94. The molecular weight excluding hydrogens is 348 g/mol. The number of fused-ring (bicyclic) bond motifs is 1. The molecule has 0 radical (unpaired) electrons. The molecule has 0 bridgehead atoms. The molecule has 8 heteroatoms. The molecule has 0 unspecified atom stereocenters. The monoisotopic (exact) mass is 368 g/mol. The Labute approximate surface area is 156 Å². The molecular formula is C19H20N4O4. The Hall–Kier alpha value is -3.42. The number of hydrogen-bond acceptors (Lipinski definition) is 6. The van der Waals surface area contributed by atoms with E-state index in [2.05, 4.69) is 15.3 Å². The molecule has 1 aromatic carbocycles. The van der Waals surface area contributed by atoms with Gasteiger partial charge in [0.25, 0.3) is 5.91 Å². The van der Waals surface area contributed by atoms with Gasteiger partial charge in [-0.2, -0.15) is 0 Å². The zero-order valence-electron chi connectivity index (χ0n) is 15.3. The summed E-state index contributed by atoms with van der Waals surface area (Å²) in [5.41, 5.74) is -0.0998. The predicted molar refractivity (Wildman–Crippen MR) is 97.4 cm³/mol. The summed E-state index contributed by atoms with van der Waals surface area (Å²) in [5.74, 6) is 0.167. The minimum atomic E-state index is -1.01. The first-order valence-electron chi connectivity index (χ1n) is 8.29. The fraction of sp³-hybridized carbons (Fsp3) is 0.263. The van der Waals surface area contributed by atoms with Crippen molar-refractivity contribution in [1.29, 1.82) is 0 Å². The van der Waals surface area contributed by atoms with Crippen LogP contribution in [-0.2, 0) is 15.1 Å². The van der Waals surface area contributed by atoms with Crippen LogP contribution in [0.4, 0.5) is 0 Å². The molecule has 3 rings (SSSR count). The maximum Gasteiger partial charge on any atom is 0.308 e. The molecule has 3 aromatic rings. The third kappa shape index (κ3) is 3.89. The molecule has 1 amide bonds. The average Bonchev–Trinajstić information content (AvgIpc) is 3.12. The number of rotatable bonds is 6. The van der Waals surface area contributed by atoms with Crippen molar-refractivity contribution in [2.75, 3.05) is 14.2 Å². The van der Waals surface area contributed by atoms with Crippen LogP contribution in [0, 0.1) is 0 Å². The molecule has 1 atom stereocenters. The number of methoxy groups -OCH3 is 2. The lowest BCUT2D eigenvalue weighted by Gasteiger charge is -2.30. The van der Waals surface area contributed by atoms with E-state index in [-0.39, 0.29) is 12.1 Å². The third-order valence-electron chi connectivity index (χ3n) is 4.29. The van der Waals surface area contributed by atoms with Gasteiger partial charge < -0.3 is 14.8 Å². The zero-order valence-corrected chi connectivity index (χ0v) is 15.3. The summed E-state index contributed by atoms with van der Waals surface area (Å²) >= 11 is 0. The van der Waals surface area contributed by atoms with E-state index in [1.54, 1.807) is 61.3 Å². The van der Waals surface area contributed by atoms with E-state index in [0.29, 0.717) is 17.1 Å². The lowest BCUT2D eigenvalue weighted by Crippen LogP contribution is -2.45. The fourth-order valence-electron chi connectivity index (χ4n) is 2.80. The molecule has 0 spiro atoms. The van der Waals surface area contributed by atoms with Gasteiger partial charge in [-0.05, 0) is 30.7 Å². The van der Waals surface area contributed by atoms with E-state index >= 15 is 0 Å². The van der Waals surface area contributed by atoms with Gasteiger partial charge >= 0.3 is 5.97 Å². The number of esters is 1. The van der Waals surface area contributed by atoms with Crippen LogP contribution in [0.3, 0.4) is 0 Å². The summed E-state index contributed by atoms with van der Waals surface area (Å²) < 4.78 is 11.7. The third-order valence-corrected chi connectivity index (χ3v) is 4.29. The molecule has 2 aromatic heterocycles. The van der Waals surface area contributed by atoms with Crippen molar-refractivity contribution in [2.24, 2.45) is 0 Å². The van der Waals surface area contributed by atoms with Gasteiger partial charge in [0.05, 0.1) is 26.2 Å². The van der Waals surface area contributed by atoms with Gasteiger partial charge in [-0.25, -0.2) is 9.97 Å². The van der Waals surface area contributed by atoms with Crippen LogP contribution in [0.2, 0.25) is 0 Å². The molecule has 1 N–H and O–H groups in total. The topological polar surface area (TPSA) is 94.8 Å². The van der Waals surface area contributed by atoms with Gasteiger partial charge in [0.2, 0.25) is 5.78 Å². The maximum atomic E-state index is 12.8. The minimum absolute atomic E-state index is 0.0476. The van der Waals surface area contributed by atoms with Crippen LogP contribution in [0.1, 0.15) is 29.4 Å². The van der Waals surface area contributed by atoms with Crippen LogP contribution in [0.25, 0.3) is 5.78 Å². The summed E-state index contributed by atoms with van der Waals surface area (Å²) in [4.78, 5) is 33.1. The lowest BCUT2D eigenvalue weighted by atomic mass is 9.88. The van der Waals surface area contributed by atoms with Crippen LogP contribution in [-0.4, -0.2) is 40.5 Å². The van der Waals surface area contributed by atoms with Crippen molar-refractivity contribution in [2.45, 2.75) is 18.9 Å². The number of nitrogens with one attached hydrogen (secondary N) is 1. The normalized spacial score (nSPS) is 13.0. The second kappa shape index (κ2) is 7.45. The predicted octanol–water partition coefficient (Wildman–Crippen LogP) is 1.95. The van der Waals surface area contributed by atoms with Crippen LogP contribution in [0.15, 0.2) is 48.9 Å². The van der Waals surface area contributed by atoms with E-state index in [4.69, 9.17) is 9.47 Å².